The van der Waals surface area contributed by atoms with Crippen molar-refractivity contribution < 1.29 is 30.3 Å². The number of hydrogen-bond donors (Lipinski definition) is 5. The second-order valence-corrected chi connectivity index (χ2v) is 15.0. The molecule has 3 saturated carbocycles. The van der Waals surface area contributed by atoms with Crippen LogP contribution in [-0.2, 0) is 4.74 Å². The van der Waals surface area contributed by atoms with Gasteiger partial charge in [0.25, 0.3) is 0 Å². The van der Waals surface area contributed by atoms with Crippen molar-refractivity contribution in [2.24, 2.45) is 45.3 Å². The summed E-state index contributed by atoms with van der Waals surface area (Å²) in [7, 11) is 0. The average molecular weight is 507 g/mol. The van der Waals surface area contributed by atoms with Crippen LogP contribution < -0.4 is 0 Å². The van der Waals surface area contributed by atoms with E-state index in [-0.39, 0.29) is 28.6 Å². The molecule has 36 heavy (non-hydrogen) atoms. The second kappa shape index (κ2) is 8.25. The molecular formula is C30H50O6. The maximum Gasteiger partial charge on any atom is 0.158 e. The Morgan fingerprint density at radius 1 is 0.917 bits per heavy atom. The molecule has 0 radical (unpaired) electrons. The lowest BCUT2D eigenvalue weighted by Crippen LogP contribution is -2.63. The fourth-order valence-corrected chi connectivity index (χ4v) is 10.4. The van der Waals surface area contributed by atoms with E-state index in [2.05, 4.69) is 40.7 Å². The molecule has 1 heterocycles. The standard InChI is InChI=1S/C30H50O6/c1-26(2)21-10-9-18-19(28(21,5)15-20(31)24(26)33)14-22(32)30(7)17(12-13-29(18,30)6)16-8-11-23(27(3,4)35)36-25(16)34/h14,16-18,20-25,31-35H,8-13,15H2,1-7H3/t16?,17-,18-,20-,21+,22+,23-,24+,25+,28-,29+,30+/m1/s1. The Hall–Kier alpha value is -0.500. The number of rotatable bonds is 2. The summed E-state index contributed by atoms with van der Waals surface area (Å²) in [5.74, 6) is 0.600. The molecule has 1 unspecified atom stereocenters. The highest BCUT2D eigenvalue weighted by Crippen LogP contribution is 2.73. The average Bonchev–Trinajstić information content (AvgIpc) is 3.05. The Balaban J connectivity index is 1.50. The number of ether oxygens (including phenoxy) is 1. The first-order chi connectivity index (χ1) is 16.5. The van der Waals surface area contributed by atoms with E-state index in [1.54, 1.807) is 13.8 Å². The van der Waals surface area contributed by atoms with Crippen LogP contribution in [0.15, 0.2) is 11.6 Å². The van der Waals surface area contributed by atoms with Gasteiger partial charge in [0.05, 0.1) is 30.0 Å². The Kier molecular flexibility index (Phi) is 6.21. The fourth-order valence-electron chi connectivity index (χ4n) is 10.4. The maximum absolute atomic E-state index is 11.9. The third-order valence-electron chi connectivity index (χ3n) is 12.6. The van der Waals surface area contributed by atoms with Gasteiger partial charge in [0.1, 0.15) is 0 Å². The van der Waals surface area contributed by atoms with Crippen LogP contribution in [0.4, 0.5) is 0 Å². The van der Waals surface area contributed by atoms with Crippen molar-refractivity contribution in [3.8, 4) is 0 Å². The van der Waals surface area contributed by atoms with E-state index in [0.29, 0.717) is 18.8 Å². The Morgan fingerprint density at radius 3 is 2.19 bits per heavy atom. The first-order valence-electron chi connectivity index (χ1n) is 14.3. The van der Waals surface area contributed by atoms with Crippen molar-refractivity contribution in [2.45, 2.75) is 130 Å². The zero-order chi connectivity index (χ0) is 26.6. The Bertz CT molecular complexity index is 908. The van der Waals surface area contributed by atoms with E-state index in [1.165, 1.54) is 5.57 Å². The molecule has 206 valence electrons. The highest BCUT2D eigenvalue weighted by Gasteiger charge is 2.69. The number of aliphatic hydroxyl groups excluding tert-OH is 4. The second-order valence-electron chi connectivity index (χ2n) is 15.0. The molecule has 5 rings (SSSR count). The summed E-state index contributed by atoms with van der Waals surface area (Å²) < 4.78 is 5.96. The largest absolute Gasteiger partial charge is 0.390 e. The van der Waals surface area contributed by atoms with Crippen LogP contribution in [0.3, 0.4) is 0 Å². The van der Waals surface area contributed by atoms with Crippen LogP contribution in [-0.4, -0.2) is 61.8 Å². The molecule has 1 aliphatic heterocycles. The van der Waals surface area contributed by atoms with Gasteiger partial charge in [0, 0.05) is 11.3 Å². The van der Waals surface area contributed by atoms with Crippen molar-refractivity contribution in [3.63, 3.8) is 0 Å². The maximum atomic E-state index is 11.9. The normalized spacial score (nSPS) is 54.8. The minimum atomic E-state index is -0.998. The highest BCUT2D eigenvalue weighted by atomic mass is 16.6. The molecule has 6 nitrogen and oxygen atoms in total. The molecule has 0 aromatic heterocycles. The molecule has 4 fully saturated rings. The fraction of sp³-hybridized carbons (Fsp3) is 0.933. The lowest BCUT2D eigenvalue weighted by molar-refractivity contribution is -0.252. The van der Waals surface area contributed by atoms with Gasteiger partial charge in [-0.25, -0.2) is 0 Å². The highest BCUT2D eigenvalue weighted by molar-refractivity contribution is 5.35. The monoisotopic (exact) mass is 506 g/mol. The summed E-state index contributed by atoms with van der Waals surface area (Å²) in [6.45, 7) is 14.5. The number of fused-ring (bicyclic) bond motifs is 5. The van der Waals surface area contributed by atoms with Crippen molar-refractivity contribution in [1.29, 1.82) is 0 Å². The zero-order valence-electron chi connectivity index (χ0n) is 23.4. The third kappa shape index (κ3) is 3.43. The predicted octanol–water partition coefficient (Wildman–Crippen LogP) is 3.78. The zero-order valence-corrected chi connectivity index (χ0v) is 23.4. The van der Waals surface area contributed by atoms with Gasteiger partial charge >= 0.3 is 0 Å². The lowest BCUT2D eigenvalue weighted by atomic mass is 9.40. The minimum absolute atomic E-state index is 0.0717. The molecule has 0 aromatic carbocycles. The van der Waals surface area contributed by atoms with Gasteiger partial charge in [0.15, 0.2) is 6.29 Å². The van der Waals surface area contributed by atoms with Crippen molar-refractivity contribution in [3.05, 3.63) is 11.6 Å². The van der Waals surface area contributed by atoms with E-state index in [0.717, 1.165) is 32.1 Å². The first kappa shape index (κ1) is 27.1. The van der Waals surface area contributed by atoms with Crippen molar-refractivity contribution >= 4 is 0 Å². The molecule has 6 heteroatoms. The third-order valence-corrected chi connectivity index (χ3v) is 12.6. The summed E-state index contributed by atoms with van der Waals surface area (Å²) in [5.41, 5.74) is -0.905. The first-order valence-corrected chi connectivity index (χ1v) is 14.3. The SMILES string of the molecule is CC(C)(O)[C@H]1CCC([C@H]2CC[C@@]3(C)[C@@H]4CC[C@H]5C(C)(C)[C@@H](O)[C@H](O)C[C@]5(C)C4=C[C@H](O)[C@]23C)[C@@H](O)O1. The molecule has 1 saturated heterocycles. The molecule has 12 atom stereocenters. The van der Waals surface area contributed by atoms with Gasteiger partial charge in [-0.3, -0.25) is 0 Å². The molecule has 0 bridgehead atoms. The number of allylic oxidation sites excluding steroid dienone is 1. The van der Waals surface area contributed by atoms with E-state index in [1.807, 2.05) is 0 Å². The summed E-state index contributed by atoms with van der Waals surface area (Å²) in [4.78, 5) is 0. The van der Waals surface area contributed by atoms with E-state index >= 15 is 0 Å². The topological polar surface area (TPSA) is 110 Å². The van der Waals surface area contributed by atoms with Gasteiger partial charge in [0.2, 0.25) is 0 Å². The van der Waals surface area contributed by atoms with Crippen LogP contribution in [0.1, 0.15) is 93.4 Å². The van der Waals surface area contributed by atoms with E-state index in [4.69, 9.17) is 4.74 Å². The molecule has 4 aliphatic carbocycles. The molecule has 0 spiro atoms. The molecule has 0 amide bonds. The summed E-state index contributed by atoms with van der Waals surface area (Å²) in [6, 6.07) is 0. The van der Waals surface area contributed by atoms with Gasteiger partial charge < -0.3 is 30.3 Å². The predicted molar refractivity (Wildman–Crippen MR) is 138 cm³/mol. The van der Waals surface area contributed by atoms with Crippen LogP contribution >= 0.6 is 0 Å². The smallest absolute Gasteiger partial charge is 0.158 e. The van der Waals surface area contributed by atoms with Crippen LogP contribution in [0, 0.1) is 45.3 Å². The molecule has 5 N–H and O–H groups in total. The quantitative estimate of drug-likeness (QED) is 0.365. The Morgan fingerprint density at radius 2 is 1.58 bits per heavy atom. The summed E-state index contributed by atoms with van der Waals surface area (Å²) >= 11 is 0. The number of hydrogen-bond acceptors (Lipinski definition) is 6. The number of aliphatic hydroxyl groups is 5. The summed E-state index contributed by atoms with van der Waals surface area (Å²) in [6.07, 6.45) is 4.58. The van der Waals surface area contributed by atoms with Crippen molar-refractivity contribution in [2.75, 3.05) is 0 Å². The van der Waals surface area contributed by atoms with Crippen LogP contribution in [0.25, 0.3) is 0 Å². The molecule has 0 aromatic rings. The molecule has 5 aliphatic rings. The van der Waals surface area contributed by atoms with Gasteiger partial charge in [-0.05, 0) is 92.8 Å². The molecular weight excluding hydrogens is 456 g/mol. The van der Waals surface area contributed by atoms with Gasteiger partial charge in [-0.15, -0.1) is 0 Å². The summed E-state index contributed by atoms with van der Waals surface area (Å²) in [5, 5.41) is 55.2. The minimum Gasteiger partial charge on any atom is -0.390 e. The Labute approximate surface area is 217 Å². The lowest BCUT2D eigenvalue weighted by Gasteiger charge is -2.65. The van der Waals surface area contributed by atoms with E-state index in [9.17, 15) is 25.5 Å². The van der Waals surface area contributed by atoms with Crippen LogP contribution in [0.5, 0.6) is 0 Å². The van der Waals surface area contributed by atoms with Crippen molar-refractivity contribution in [1.82, 2.24) is 0 Å². The van der Waals surface area contributed by atoms with Gasteiger partial charge in [-0.2, -0.15) is 0 Å². The van der Waals surface area contributed by atoms with E-state index < -0.39 is 47.1 Å². The van der Waals surface area contributed by atoms with Gasteiger partial charge in [-0.1, -0.05) is 46.3 Å². The van der Waals surface area contributed by atoms with Crippen LogP contribution in [0.2, 0.25) is 0 Å².